The van der Waals surface area contributed by atoms with Crippen LogP contribution < -0.4 is 5.32 Å². The highest BCUT2D eigenvalue weighted by Gasteiger charge is 2.50. The van der Waals surface area contributed by atoms with Gasteiger partial charge in [0.05, 0.1) is 0 Å². The number of amides is 1. The van der Waals surface area contributed by atoms with Crippen molar-refractivity contribution in [2.45, 2.75) is 51.9 Å². The maximum Gasteiger partial charge on any atom is 0.223 e. The van der Waals surface area contributed by atoms with E-state index in [0.29, 0.717) is 11.8 Å². The van der Waals surface area contributed by atoms with Gasteiger partial charge >= 0.3 is 0 Å². The second kappa shape index (κ2) is 4.62. The van der Waals surface area contributed by atoms with E-state index < -0.39 is 0 Å². The van der Waals surface area contributed by atoms with E-state index in [1.807, 2.05) is 0 Å². The first-order chi connectivity index (χ1) is 8.28. The molecule has 0 heterocycles. The third kappa shape index (κ3) is 2.11. The lowest BCUT2D eigenvalue weighted by Gasteiger charge is -2.53. The highest BCUT2D eigenvalue weighted by atomic mass is 16.1. The van der Waals surface area contributed by atoms with Crippen LogP contribution in [0.4, 0.5) is 0 Å². The summed E-state index contributed by atoms with van der Waals surface area (Å²) >= 11 is 0. The average molecular weight is 235 g/mol. The van der Waals surface area contributed by atoms with Crippen LogP contribution in [-0.4, -0.2) is 12.5 Å². The summed E-state index contributed by atoms with van der Waals surface area (Å²) in [5.74, 6) is 4.15. The molecule has 0 aliphatic heterocycles. The zero-order chi connectivity index (χ0) is 11.8. The minimum atomic E-state index is 0.375. The predicted octanol–water partition coefficient (Wildman–Crippen LogP) is 2.98. The van der Waals surface area contributed by atoms with Crippen LogP contribution >= 0.6 is 0 Å². The molecule has 0 radical (unpaired) electrons. The lowest BCUT2D eigenvalue weighted by atomic mass is 9.51. The van der Waals surface area contributed by atoms with E-state index in [1.54, 1.807) is 0 Å². The number of hydrogen-bond donors (Lipinski definition) is 1. The molecule has 2 nitrogen and oxygen atoms in total. The van der Waals surface area contributed by atoms with E-state index in [0.717, 1.165) is 36.6 Å². The third-order valence-corrected chi connectivity index (χ3v) is 5.36. The van der Waals surface area contributed by atoms with Crippen molar-refractivity contribution in [1.29, 1.82) is 0 Å². The quantitative estimate of drug-likeness (QED) is 0.746. The fourth-order valence-corrected chi connectivity index (χ4v) is 4.86. The number of nitrogens with one attached hydrogen (secondary N) is 1. The Morgan fingerprint density at radius 1 is 1.06 bits per heavy atom. The number of rotatable bonds is 4. The molecule has 17 heavy (non-hydrogen) atoms. The Morgan fingerprint density at radius 3 is 2.18 bits per heavy atom. The van der Waals surface area contributed by atoms with Crippen molar-refractivity contribution in [2.24, 2.45) is 29.6 Å². The van der Waals surface area contributed by atoms with E-state index in [-0.39, 0.29) is 0 Å². The van der Waals surface area contributed by atoms with Gasteiger partial charge in [0.25, 0.3) is 0 Å². The number of unbranched alkanes of at least 4 members (excludes halogenated alkanes) is 1. The normalized spacial score (nSPS) is 42.8. The molecule has 0 unspecified atom stereocenters. The van der Waals surface area contributed by atoms with E-state index in [9.17, 15) is 4.79 Å². The Balaban J connectivity index is 1.61. The van der Waals surface area contributed by atoms with E-state index in [1.165, 1.54) is 38.5 Å². The molecule has 4 bridgehead atoms. The molecule has 4 aliphatic carbocycles. The first-order valence-electron chi connectivity index (χ1n) is 7.55. The summed E-state index contributed by atoms with van der Waals surface area (Å²) in [7, 11) is 0. The van der Waals surface area contributed by atoms with E-state index >= 15 is 0 Å². The Hall–Kier alpha value is -0.530. The molecule has 0 atom stereocenters. The van der Waals surface area contributed by atoms with Gasteiger partial charge in [0.1, 0.15) is 0 Å². The lowest BCUT2D eigenvalue weighted by molar-refractivity contribution is -0.138. The summed E-state index contributed by atoms with van der Waals surface area (Å²) in [6, 6.07) is 0. The second-order valence-corrected chi connectivity index (χ2v) is 6.60. The van der Waals surface area contributed by atoms with Crippen LogP contribution in [0.25, 0.3) is 0 Å². The van der Waals surface area contributed by atoms with Crippen molar-refractivity contribution in [1.82, 2.24) is 5.32 Å². The largest absolute Gasteiger partial charge is 0.356 e. The first kappa shape index (κ1) is 11.6. The Morgan fingerprint density at radius 2 is 1.65 bits per heavy atom. The fourth-order valence-electron chi connectivity index (χ4n) is 4.86. The summed E-state index contributed by atoms with van der Waals surface area (Å²) in [4.78, 5) is 12.3. The van der Waals surface area contributed by atoms with Gasteiger partial charge in [-0.2, -0.15) is 0 Å². The van der Waals surface area contributed by atoms with Gasteiger partial charge in [-0.1, -0.05) is 13.3 Å². The highest BCUT2D eigenvalue weighted by molar-refractivity contribution is 5.79. The Labute approximate surface area is 105 Å². The van der Waals surface area contributed by atoms with E-state index in [2.05, 4.69) is 12.2 Å². The standard InChI is InChI=1S/C15H25NO/c1-2-3-4-16-15(17)14-12-6-10-5-11(8-12)9-13(14)7-10/h10-14H,2-9H2,1H3,(H,16,17). The predicted molar refractivity (Wildman–Crippen MR) is 68.5 cm³/mol. The summed E-state index contributed by atoms with van der Waals surface area (Å²) in [5, 5.41) is 3.17. The topological polar surface area (TPSA) is 29.1 Å². The molecule has 4 fully saturated rings. The van der Waals surface area contributed by atoms with Crippen LogP contribution in [0, 0.1) is 29.6 Å². The summed E-state index contributed by atoms with van der Waals surface area (Å²) in [6.07, 6.45) is 9.15. The molecule has 96 valence electrons. The molecule has 0 aromatic carbocycles. The van der Waals surface area contributed by atoms with Crippen LogP contribution in [0.1, 0.15) is 51.9 Å². The van der Waals surface area contributed by atoms with Gasteiger partial charge in [-0.05, 0) is 62.2 Å². The van der Waals surface area contributed by atoms with Crippen molar-refractivity contribution < 1.29 is 4.79 Å². The second-order valence-electron chi connectivity index (χ2n) is 6.60. The van der Waals surface area contributed by atoms with Crippen molar-refractivity contribution in [3.05, 3.63) is 0 Å². The van der Waals surface area contributed by atoms with Gasteiger partial charge in [-0.3, -0.25) is 4.79 Å². The molecular formula is C15H25NO. The smallest absolute Gasteiger partial charge is 0.223 e. The molecular weight excluding hydrogens is 210 g/mol. The molecule has 0 spiro atoms. The van der Waals surface area contributed by atoms with Gasteiger partial charge in [0.15, 0.2) is 0 Å². The van der Waals surface area contributed by atoms with E-state index in [4.69, 9.17) is 0 Å². The minimum absolute atomic E-state index is 0.375. The van der Waals surface area contributed by atoms with Crippen LogP contribution in [-0.2, 0) is 4.79 Å². The Kier molecular flexibility index (Phi) is 3.14. The molecule has 0 saturated heterocycles. The highest BCUT2D eigenvalue weighted by Crippen LogP contribution is 2.56. The minimum Gasteiger partial charge on any atom is -0.356 e. The molecule has 4 aliphatic rings. The molecule has 4 rings (SSSR count). The van der Waals surface area contributed by atoms with Gasteiger partial charge in [0.2, 0.25) is 5.91 Å². The molecule has 1 amide bonds. The zero-order valence-corrected chi connectivity index (χ0v) is 11.0. The maximum absolute atomic E-state index is 12.3. The van der Waals surface area contributed by atoms with Gasteiger partial charge < -0.3 is 5.32 Å². The molecule has 0 aromatic rings. The number of carbonyl (C=O) groups excluding carboxylic acids is 1. The zero-order valence-electron chi connectivity index (χ0n) is 11.0. The molecule has 4 saturated carbocycles. The van der Waals surface area contributed by atoms with Crippen molar-refractivity contribution in [3.8, 4) is 0 Å². The number of hydrogen-bond acceptors (Lipinski definition) is 1. The molecule has 1 N–H and O–H groups in total. The average Bonchev–Trinajstić information content (AvgIpc) is 2.27. The van der Waals surface area contributed by atoms with Gasteiger partial charge in [-0.25, -0.2) is 0 Å². The summed E-state index contributed by atoms with van der Waals surface area (Å²) in [5.41, 5.74) is 0. The van der Waals surface area contributed by atoms with Gasteiger partial charge in [-0.15, -0.1) is 0 Å². The first-order valence-corrected chi connectivity index (χ1v) is 7.55. The van der Waals surface area contributed by atoms with Crippen molar-refractivity contribution in [3.63, 3.8) is 0 Å². The van der Waals surface area contributed by atoms with Crippen LogP contribution in [0.3, 0.4) is 0 Å². The lowest BCUT2D eigenvalue weighted by Crippen LogP contribution is -2.51. The van der Waals surface area contributed by atoms with Crippen molar-refractivity contribution in [2.75, 3.05) is 6.54 Å². The van der Waals surface area contributed by atoms with Crippen LogP contribution in [0.2, 0.25) is 0 Å². The monoisotopic (exact) mass is 235 g/mol. The summed E-state index contributed by atoms with van der Waals surface area (Å²) < 4.78 is 0. The Bertz CT molecular complexity index is 271. The van der Waals surface area contributed by atoms with Gasteiger partial charge in [0, 0.05) is 12.5 Å². The molecule has 0 aromatic heterocycles. The maximum atomic E-state index is 12.3. The van der Waals surface area contributed by atoms with Crippen molar-refractivity contribution >= 4 is 5.91 Å². The van der Waals surface area contributed by atoms with Crippen LogP contribution in [0.5, 0.6) is 0 Å². The van der Waals surface area contributed by atoms with Crippen LogP contribution in [0.15, 0.2) is 0 Å². The SMILES string of the molecule is CCCCNC(=O)C1C2CC3CC(C2)CC1C3. The summed E-state index contributed by atoms with van der Waals surface area (Å²) in [6.45, 7) is 3.06. The third-order valence-electron chi connectivity index (χ3n) is 5.36. The molecule has 2 heteroatoms. The number of carbonyl (C=O) groups is 1. The fraction of sp³-hybridized carbons (Fsp3) is 0.933.